The van der Waals surface area contributed by atoms with Crippen molar-refractivity contribution in [3.8, 4) is 24.3 Å². The third-order valence-corrected chi connectivity index (χ3v) is 18.0. The summed E-state index contributed by atoms with van der Waals surface area (Å²) in [5.74, 6) is 0. The highest BCUT2D eigenvalue weighted by molar-refractivity contribution is 7.13. The Morgan fingerprint density at radius 3 is 1.13 bits per heavy atom. The highest BCUT2D eigenvalue weighted by Crippen LogP contribution is 2.45. The summed E-state index contributed by atoms with van der Waals surface area (Å²) in [4.78, 5) is 0. The minimum Gasteiger partial charge on any atom is -0.381 e. The summed E-state index contributed by atoms with van der Waals surface area (Å²) >= 11 is 4.88. The molecule has 0 bridgehead atoms. The monoisotopic (exact) mass is 1010 g/mol. The molecule has 3 heterocycles. The van der Waals surface area contributed by atoms with Crippen LogP contribution in [0.25, 0.3) is 23.3 Å². The molecule has 0 aromatic carbocycles. The van der Waals surface area contributed by atoms with Crippen LogP contribution >= 0.6 is 34.0 Å². The summed E-state index contributed by atoms with van der Waals surface area (Å²) in [6, 6.07) is 9.02. The predicted octanol–water partition coefficient (Wildman–Crippen LogP) is 9.47. The summed E-state index contributed by atoms with van der Waals surface area (Å²) in [6.45, 7) is 20.1. The van der Waals surface area contributed by atoms with Crippen LogP contribution in [0.1, 0.15) is 141 Å². The number of nitrogens with zero attached hydrogens (tertiary/aromatic N) is 4. The Hall–Kier alpha value is -3.70. The second kappa shape index (κ2) is 27.4. The van der Waals surface area contributed by atoms with Gasteiger partial charge in [0.15, 0.2) is 0 Å². The third-order valence-electron chi connectivity index (χ3n) is 13.8. The van der Waals surface area contributed by atoms with E-state index in [-0.39, 0.29) is 22.0 Å². The van der Waals surface area contributed by atoms with Crippen molar-refractivity contribution in [2.24, 2.45) is 16.2 Å². The lowest BCUT2D eigenvalue weighted by Gasteiger charge is -2.29. The number of rotatable bonds is 30. The van der Waals surface area contributed by atoms with Crippen molar-refractivity contribution in [3.63, 3.8) is 0 Å². The van der Waals surface area contributed by atoms with E-state index in [0.29, 0.717) is 96.7 Å². The van der Waals surface area contributed by atoms with Gasteiger partial charge in [0.05, 0.1) is 58.7 Å². The molecule has 3 aromatic heterocycles. The van der Waals surface area contributed by atoms with Gasteiger partial charge in [0.1, 0.15) is 35.4 Å². The topological polar surface area (TPSA) is 151 Å². The minimum atomic E-state index is -0.584. The fourth-order valence-electron chi connectivity index (χ4n) is 9.95. The maximum Gasteiger partial charge on any atom is 0.147 e. The molecule has 70 heavy (non-hydrogen) atoms. The number of unbranched alkanes of at least 4 members (excludes halogenated alkanes) is 6. The molecule has 0 spiro atoms. The van der Waals surface area contributed by atoms with E-state index in [9.17, 15) is 21.0 Å². The molecule has 378 valence electrons. The van der Waals surface area contributed by atoms with E-state index in [1.54, 1.807) is 22.7 Å². The Labute approximate surface area is 428 Å². The highest BCUT2D eigenvalue weighted by Gasteiger charge is 2.43. The van der Waals surface area contributed by atoms with Crippen LogP contribution in [-0.2, 0) is 54.1 Å². The Bertz CT molecular complexity index is 2800. The minimum absolute atomic E-state index is 0.0959. The number of hydrogen-bond donors (Lipinski definition) is 0. The van der Waals surface area contributed by atoms with Gasteiger partial charge in [-0.2, -0.15) is 21.0 Å². The molecule has 0 saturated carbocycles. The molecule has 0 atom stereocenters. The summed E-state index contributed by atoms with van der Waals surface area (Å²) in [5, 5.41) is 43.8. The lowest BCUT2D eigenvalue weighted by atomic mass is 9.86. The number of ether oxygens (including phenoxy) is 6. The van der Waals surface area contributed by atoms with E-state index in [4.69, 9.17) is 28.4 Å². The van der Waals surface area contributed by atoms with E-state index >= 15 is 0 Å². The van der Waals surface area contributed by atoms with Gasteiger partial charge >= 0.3 is 0 Å². The molecule has 10 nitrogen and oxygen atoms in total. The van der Waals surface area contributed by atoms with Gasteiger partial charge in [0, 0.05) is 64.1 Å². The third kappa shape index (κ3) is 13.1. The number of hydrogen-bond acceptors (Lipinski definition) is 13. The molecule has 0 radical (unpaired) electrons. The van der Waals surface area contributed by atoms with Crippen molar-refractivity contribution in [3.05, 3.63) is 59.9 Å². The molecule has 0 saturated heterocycles. The second-order valence-corrected chi connectivity index (χ2v) is 22.9. The number of nitriles is 4. The standard InChI is InChI=1S/C57H76N4O6S3/c1-7-13-19-62-35-55(36-63-20-14-8-2)25-43-45(27-55)51(68-49(43)41(31-58)32-59)53-47-29-57(39-66-23-17-11-5,40-67-24-18-12-6)30-48(47)54(70-53)52-46-28-56(37-64-21-15-9-3,38-65-22-16-10-4)26-44(46)50(69-52)42(33-60)34-61/h25,27H,7-24,26,28-30,35-40H2,1-6H3/b53-51-,54-52+. The Morgan fingerprint density at radius 1 is 0.414 bits per heavy atom. The lowest BCUT2D eigenvalue weighted by molar-refractivity contribution is -0.0190. The Morgan fingerprint density at radius 2 is 0.729 bits per heavy atom. The van der Waals surface area contributed by atoms with Crippen LogP contribution in [0, 0.1) is 79.7 Å². The first-order valence-corrected chi connectivity index (χ1v) is 28.6. The van der Waals surface area contributed by atoms with Crippen molar-refractivity contribution in [1.82, 2.24) is 0 Å². The maximum absolute atomic E-state index is 10.5. The molecular formula is C57H76N4O6S3. The fourth-order valence-corrected chi connectivity index (χ4v) is 14.1. The summed E-state index contributed by atoms with van der Waals surface area (Å²) in [6.07, 6.45) is 19.4. The predicted molar refractivity (Wildman–Crippen MR) is 281 cm³/mol. The average Bonchev–Trinajstić information content (AvgIpc) is 4.22. The smallest absolute Gasteiger partial charge is 0.147 e. The van der Waals surface area contributed by atoms with Gasteiger partial charge in [0.2, 0.25) is 0 Å². The first-order valence-electron chi connectivity index (χ1n) is 26.2. The molecule has 0 N–H and O–H groups in total. The molecule has 0 unspecified atom stereocenters. The quantitative estimate of drug-likeness (QED) is 0.0591. The highest BCUT2D eigenvalue weighted by atomic mass is 32.1. The van der Waals surface area contributed by atoms with Gasteiger partial charge in [-0.05, 0) is 96.9 Å². The van der Waals surface area contributed by atoms with Crippen molar-refractivity contribution in [2.45, 2.75) is 144 Å². The molecule has 3 aromatic rings. The van der Waals surface area contributed by atoms with Crippen LogP contribution in [0.5, 0.6) is 0 Å². The zero-order valence-corrected chi connectivity index (χ0v) is 45.4. The van der Waals surface area contributed by atoms with Gasteiger partial charge in [-0.1, -0.05) is 92.2 Å². The maximum atomic E-state index is 10.5. The van der Waals surface area contributed by atoms with E-state index in [1.807, 2.05) is 0 Å². The van der Waals surface area contributed by atoms with Crippen LogP contribution in [0.4, 0.5) is 0 Å². The zero-order chi connectivity index (χ0) is 50.0. The first-order chi connectivity index (χ1) is 34.2. The molecule has 13 heteroatoms. The van der Waals surface area contributed by atoms with Gasteiger partial charge in [-0.25, -0.2) is 0 Å². The molecule has 6 rings (SSSR count). The van der Waals surface area contributed by atoms with E-state index in [0.717, 1.165) is 129 Å². The van der Waals surface area contributed by atoms with Crippen molar-refractivity contribution >= 4 is 57.3 Å². The van der Waals surface area contributed by atoms with Crippen LogP contribution in [0.3, 0.4) is 0 Å². The molecular weight excluding hydrogens is 933 g/mol. The zero-order valence-electron chi connectivity index (χ0n) is 42.9. The first kappa shape index (κ1) is 55.6. The molecule has 3 aliphatic rings. The Kier molecular flexibility index (Phi) is 21.8. The van der Waals surface area contributed by atoms with E-state index in [1.165, 1.54) is 28.0 Å². The van der Waals surface area contributed by atoms with Gasteiger partial charge in [0.25, 0.3) is 0 Å². The van der Waals surface area contributed by atoms with Crippen molar-refractivity contribution in [2.75, 3.05) is 79.3 Å². The fraction of sp³-hybridized carbons (Fsp3) is 0.649. The van der Waals surface area contributed by atoms with Crippen LogP contribution in [-0.4, -0.2) is 79.3 Å². The molecule has 0 amide bonds. The van der Waals surface area contributed by atoms with Gasteiger partial charge in [-0.15, -0.1) is 34.0 Å². The normalized spacial score (nSPS) is 16.6. The van der Waals surface area contributed by atoms with E-state index in [2.05, 4.69) is 78.0 Å². The molecule has 3 aliphatic carbocycles. The van der Waals surface area contributed by atoms with Gasteiger partial charge in [-0.3, -0.25) is 0 Å². The average molecular weight is 1010 g/mol. The summed E-state index contributed by atoms with van der Waals surface area (Å²) in [7, 11) is 0. The van der Waals surface area contributed by atoms with Gasteiger partial charge < -0.3 is 28.4 Å². The Balaban J connectivity index is 1.73. The van der Waals surface area contributed by atoms with Crippen LogP contribution in [0.15, 0.2) is 0 Å². The largest absolute Gasteiger partial charge is 0.381 e. The lowest BCUT2D eigenvalue weighted by Crippen LogP contribution is -2.34. The van der Waals surface area contributed by atoms with Crippen LogP contribution in [0.2, 0.25) is 0 Å². The van der Waals surface area contributed by atoms with Crippen LogP contribution < -0.4 is 19.5 Å². The second-order valence-electron chi connectivity index (χ2n) is 19.9. The summed E-state index contributed by atoms with van der Waals surface area (Å²) in [5.41, 5.74) is 3.73. The SMILES string of the molecule is CCCCOCC1(COCCCC)C=c2c(=C(C#N)C#N)s/c(=c3\s/c(=c4/sc(=C(C#N)C#N)c5c4CC(COCCCC)(COCCCC)C5)c4c3CC(COCCCC)(COCCCC)C4)c2=C1. The number of thiophene rings is 3. The molecule has 0 aliphatic heterocycles. The number of fused-ring (bicyclic) bond motifs is 3. The molecule has 0 fully saturated rings. The van der Waals surface area contributed by atoms with E-state index < -0.39 is 5.41 Å². The van der Waals surface area contributed by atoms with Crippen molar-refractivity contribution in [1.29, 1.82) is 21.0 Å². The van der Waals surface area contributed by atoms with Crippen molar-refractivity contribution < 1.29 is 28.4 Å². The summed E-state index contributed by atoms with van der Waals surface area (Å²) < 4.78 is 44.7.